The van der Waals surface area contributed by atoms with Crippen LogP contribution >= 0.6 is 44.8 Å². The molecule has 0 spiro atoms. The van der Waals surface area contributed by atoms with E-state index in [2.05, 4.69) is 0 Å². The minimum atomic E-state index is -2.61. The quantitative estimate of drug-likeness (QED) is 0.459. The van der Waals surface area contributed by atoms with E-state index in [1.807, 2.05) is 0 Å². The Bertz CT molecular complexity index is 102. The molecule has 0 aromatic carbocycles. The lowest BCUT2D eigenvalue weighted by molar-refractivity contribution is 1.68. The van der Waals surface area contributed by atoms with Crippen molar-refractivity contribution in [3.8, 4) is 0 Å². The molecule has 0 aromatic rings. The van der Waals surface area contributed by atoms with Crippen molar-refractivity contribution in [2.75, 3.05) is 0 Å². The fourth-order valence-electron chi connectivity index (χ4n) is 0.0619. The van der Waals surface area contributed by atoms with Crippen molar-refractivity contribution < 1.29 is 0 Å². The van der Waals surface area contributed by atoms with E-state index in [9.17, 15) is 0 Å². The molecule has 0 N–H and O–H groups in total. The summed E-state index contributed by atoms with van der Waals surface area (Å²) in [5, 5.41) is 0.657. The molecule has 0 heterocycles. The SMILES string of the molecule is CC(=CCl)[Si](Cl)(Cl)Cl. The van der Waals surface area contributed by atoms with E-state index >= 15 is 0 Å². The zero-order valence-electron chi connectivity index (χ0n) is 4.09. The van der Waals surface area contributed by atoms with Crippen LogP contribution in [0, 0.1) is 0 Å². The first-order chi connectivity index (χ1) is 3.48. The fourth-order valence-corrected chi connectivity index (χ4v) is 1.67. The maximum absolute atomic E-state index is 5.50. The topological polar surface area (TPSA) is 0 Å². The molecular formula is C3H4Cl4Si. The van der Waals surface area contributed by atoms with Gasteiger partial charge < -0.3 is 0 Å². The van der Waals surface area contributed by atoms with Gasteiger partial charge in [0.2, 0.25) is 0 Å². The average Bonchev–Trinajstić information content (AvgIpc) is 1.62. The Balaban J connectivity index is 4.03. The highest BCUT2D eigenvalue weighted by atomic mass is 35.8. The molecule has 0 saturated carbocycles. The molecule has 0 aliphatic rings. The minimum Gasteiger partial charge on any atom is -0.121 e. The summed E-state index contributed by atoms with van der Waals surface area (Å²) in [5.74, 6) is 0. The Morgan fingerprint density at radius 1 is 1.38 bits per heavy atom. The number of hydrogen-bond acceptors (Lipinski definition) is 0. The van der Waals surface area contributed by atoms with Crippen molar-refractivity contribution in [2.45, 2.75) is 6.92 Å². The minimum absolute atomic E-state index is 0.657. The second-order valence-electron chi connectivity index (χ2n) is 1.29. The highest BCUT2D eigenvalue weighted by molar-refractivity contribution is 7.67. The monoisotopic (exact) mass is 208 g/mol. The van der Waals surface area contributed by atoms with Crippen LogP contribution in [0.2, 0.25) is 0 Å². The van der Waals surface area contributed by atoms with Crippen LogP contribution in [-0.2, 0) is 0 Å². The van der Waals surface area contributed by atoms with Gasteiger partial charge in [0.1, 0.15) is 0 Å². The molecule has 8 heavy (non-hydrogen) atoms. The van der Waals surface area contributed by atoms with Gasteiger partial charge in [-0.1, -0.05) is 11.6 Å². The summed E-state index contributed by atoms with van der Waals surface area (Å²) in [6.45, 7) is 1.70. The Morgan fingerprint density at radius 2 is 1.75 bits per heavy atom. The molecule has 0 amide bonds. The second-order valence-corrected chi connectivity index (χ2v) is 10.1. The summed E-state index contributed by atoms with van der Waals surface area (Å²) >= 11 is 21.8. The molecule has 0 aliphatic carbocycles. The molecule has 48 valence electrons. The van der Waals surface area contributed by atoms with Crippen molar-refractivity contribution in [1.82, 2.24) is 0 Å². The largest absolute Gasteiger partial charge is 0.369 e. The Labute approximate surface area is 68.5 Å². The highest BCUT2D eigenvalue weighted by Crippen LogP contribution is 2.28. The summed E-state index contributed by atoms with van der Waals surface area (Å²) in [5.41, 5.74) is 1.30. The number of halogens is 4. The zero-order valence-corrected chi connectivity index (χ0v) is 8.11. The van der Waals surface area contributed by atoms with Crippen molar-refractivity contribution in [3.05, 3.63) is 10.7 Å². The predicted molar refractivity (Wildman–Crippen MR) is 42.9 cm³/mol. The van der Waals surface area contributed by atoms with Crippen LogP contribution in [0.3, 0.4) is 0 Å². The Kier molecular flexibility index (Phi) is 3.79. The third kappa shape index (κ3) is 3.20. The predicted octanol–water partition coefficient (Wildman–Crippen LogP) is 3.32. The van der Waals surface area contributed by atoms with Crippen molar-refractivity contribution in [1.29, 1.82) is 0 Å². The third-order valence-electron chi connectivity index (χ3n) is 0.611. The van der Waals surface area contributed by atoms with Gasteiger partial charge in [0, 0.05) is 5.54 Å². The van der Waals surface area contributed by atoms with Crippen molar-refractivity contribution >= 4 is 50.8 Å². The molecule has 5 heteroatoms. The van der Waals surface area contributed by atoms with Crippen molar-refractivity contribution in [2.24, 2.45) is 0 Å². The van der Waals surface area contributed by atoms with E-state index in [1.165, 1.54) is 5.54 Å². The van der Waals surface area contributed by atoms with E-state index in [-0.39, 0.29) is 0 Å². The van der Waals surface area contributed by atoms with Crippen LogP contribution in [0.4, 0.5) is 0 Å². The van der Waals surface area contributed by atoms with Crippen LogP contribution in [-0.4, -0.2) is 6.00 Å². The molecule has 0 saturated heterocycles. The van der Waals surface area contributed by atoms with Crippen LogP contribution < -0.4 is 0 Å². The summed E-state index contributed by atoms with van der Waals surface area (Å²) in [6, 6.07) is -2.61. The fraction of sp³-hybridized carbons (Fsp3) is 0.333. The molecular weight excluding hydrogens is 206 g/mol. The van der Waals surface area contributed by atoms with Gasteiger partial charge in [-0.25, -0.2) is 0 Å². The van der Waals surface area contributed by atoms with Gasteiger partial charge in [-0.3, -0.25) is 0 Å². The molecule has 0 aromatic heterocycles. The van der Waals surface area contributed by atoms with Crippen molar-refractivity contribution in [3.63, 3.8) is 0 Å². The maximum Gasteiger partial charge on any atom is 0.369 e. The van der Waals surface area contributed by atoms with Gasteiger partial charge in [0.25, 0.3) is 0 Å². The lowest BCUT2D eigenvalue weighted by atomic mass is 10.8. The summed E-state index contributed by atoms with van der Waals surface area (Å²) in [4.78, 5) is 0. The summed E-state index contributed by atoms with van der Waals surface area (Å²) in [6.07, 6.45) is 0. The van der Waals surface area contributed by atoms with E-state index < -0.39 is 6.00 Å². The molecule has 0 bridgehead atoms. The second kappa shape index (κ2) is 3.33. The molecule has 0 rings (SSSR count). The number of hydrogen-bond donors (Lipinski definition) is 0. The maximum atomic E-state index is 5.50. The van der Waals surface area contributed by atoms with E-state index in [0.717, 1.165) is 0 Å². The molecule has 0 aliphatic heterocycles. The Morgan fingerprint density at radius 3 is 1.75 bits per heavy atom. The molecule has 0 atom stereocenters. The summed E-state index contributed by atoms with van der Waals surface area (Å²) < 4.78 is 0. The Hall–Kier alpha value is 1.12. The summed E-state index contributed by atoms with van der Waals surface area (Å²) in [7, 11) is 0. The van der Waals surface area contributed by atoms with Gasteiger partial charge >= 0.3 is 6.00 Å². The standard InChI is InChI=1S/C3H4Cl4Si/c1-3(2-4)8(5,6)7/h2H,1H3. The van der Waals surface area contributed by atoms with Gasteiger partial charge in [-0.2, -0.15) is 0 Å². The zero-order chi connectivity index (χ0) is 6.78. The van der Waals surface area contributed by atoms with Crippen LogP contribution in [0.15, 0.2) is 10.7 Å². The molecule has 0 unspecified atom stereocenters. The number of rotatable bonds is 1. The average molecular weight is 210 g/mol. The van der Waals surface area contributed by atoms with E-state index in [0.29, 0.717) is 5.20 Å². The van der Waals surface area contributed by atoms with Gasteiger partial charge in [0.15, 0.2) is 0 Å². The molecule has 0 fully saturated rings. The first kappa shape index (κ1) is 9.12. The highest BCUT2D eigenvalue weighted by Gasteiger charge is 2.26. The molecule has 0 radical (unpaired) electrons. The van der Waals surface area contributed by atoms with Gasteiger partial charge in [-0.15, -0.1) is 33.2 Å². The van der Waals surface area contributed by atoms with Crippen LogP contribution in [0.25, 0.3) is 0 Å². The van der Waals surface area contributed by atoms with Gasteiger partial charge in [0.05, 0.1) is 0 Å². The lowest BCUT2D eigenvalue weighted by Crippen LogP contribution is -2.10. The van der Waals surface area contributed by atoms with Gasteiger partial charge in [-0.05, 0) is 12.1 Å². The smallest absolute Gasteiger partial charge is 0.121 e. The number of allylic oxidation sites excluding steroid dienone is 1. The molecule has 0 nitrogen and oxygen atoms in total. The third-order valence-corrected chi connectivity index (χ3v) is 4.84. The first-order valence-corrected chi connectivity index (χ1v) is 7.30. The van der Waals surface area contributed by atoms with E-state index in [4.69, 9.17) is 44.8 Å². The lowest BCUT2D eigenvalue weighted by Gasteiger charge is -2.04. The van der Waals surface area contributed by atoms with E-state index in [1.54, 1.807) is 6.92 Å². The van der Waals surface area contributed by atoms with Crippen LogP contribution in [0.1, 0.15) is 6.92 Å². The van der Waals surface area contributed by atoms with Crippen LogP contribution in [0.5, 0.6) is 0 Å². The normalized spacial score (nSPS) is 14.4. The first-order valence-electron chi connectivity index (χ1n) is 1.82.